The van der Waals surface area contributed by atoms with Crippen molar-refractivity contribution in [1.29, 1.82) is 0 Å². The molecule has 1 saturated heterocycles. The molecule has 198 valence electrons. The molecule has 4 rings (SSSR count). The first kappa shape index (κ1) is 26.6. The Bertz CT molecular complexity index is 1370. The molecule has 1 aromatic carbocycles. The van der Waals surface area contributed by atoms with Crippen molar-refractivity contribution in [3.63, 3.8) is 0 Å². The van der Waals surface area contributed by atoms with Crippen molar-refractivity contribution in [3.8, 4) is 0 Å². The molecule has 2 atom stereocenters. The van der Waals surface area contributed by atoms with Crippen LogP contribution < -0.4 is 10.6 Å². The first-order chi connectivity index (χ1) is 17.6. The third-order valence-electron chi connectivity index (χ3n) is 6.34. The number of aryl methyl sites for hydroxylation is 1. The lowest BCUT2D eigenvalue weighted by Crippen LogP contribution is -2.52. The topological polar surface area (TPSA) is 139 Å². The average Bonchev–Trinajstić information content (AvgIpc) is 3.43. The van der Waals surface area contributed by atoms with Gasteiger partial charge in [0.2, 0.25) is 15.9 Å². The molecule has 0 unspecified atom stereocenters. The number of para-hydroxylation sites is 1. The molecule has 3 heterocycles. The largest absolute Gasteiger partial charge is 0.468 e. The Hall–Kier alpha value is -3.44. The highest BCUT2D eigenvalue weighted by Crippen LogP contribution is 2.23. The van der Waals surface area contributed by atoms with Gasteiger partial charge in [0.1, 0.15) is 22.3 Å². The number of fused-ring (bicyclic) bond motifs is 1. The summed E-state index contributed by atoms with van der Waals surface area (Å²) in [6, 6.07) is 8.42. The average molecular weight is 530 g/mol. The second-order valence-electron chi connectivity index (χ2n) is 9.65. The number of carbonyl (C=O) groups is 3. The number of rotatable bonds is 8. The first-order valence-corrected chi connectivity index (χ1v) is 13.7. The van der Waals surface area contributed by atoms with Gasteiger partial charge in [-0.25, -0.2) is 8.42 Å². The Morgan fingerprint density at radius 2 is 1.95 bits per heavy atom. The molecule has 37 heavy (non-hydrogen) atoms. The number of furan rings is 2. The minimum Gasteiger partial charge on any atom is -0.468 e. The summed E-state index contributed by atoms with van der Waals surface area (Å²) in [5.41, 5.74) is 0.562. The number of hydrogen-bond donors (Lipinski definition) is 2. The zero-order valence-corrected chi connectivity index (χ0v) is 21.8. The van der Waals surface area contributed by atoms with E-state index in [2.05, 4.69) is 10.6 Å². The van der Waals surface area contributed by atoms with Gasteiger partial charge in [-0.15, -0.1) is 0 Å². The number of nitrogens with one attached hydrogen (secondary N) is 2. The SMILES string of the molecule is Cc1occc1S(=O)(=O)N1CCC[C@H](NC(=O)[C@H](CC(C)C)NC(=O)c2cc3ccccc3o2)C(=O)C1. The molecule has 2 amide bonds. The number of Topliss-reactive ketones (excluding diaryl/α,β-unsaturated/α-hetero) is 1. The number of benzene rings is 1. The van der Waals surface area contributed by atoms with E-state index < -0.39 is 39.7 Å². The number of sulfonamides is 1. The van der Waals surface area contributed by atoms with Crippen LogP contribution in [-0.2, 0) is 19.6 Å². The van der Waals surface area contributed by atoms with Crippen molar-refractivity contribution < 1.29 is 31.6 Å². The molecular weight excluding hydrogens is 498 g/mol. The second kappa shape index (κ2) is 10.9. The highest BCUT2D eigenvalue weighted by molar-refractivity contribution is 7.89. The Morgan fingerprint density at radius 3 is 2.62 bits per heavy atom. The molecule has 1 aliphatic rings. The van der Waals surface area contributed by atoms with Gasteiger partial charge in [0.25, 0.3) is 5.91 Å². The van der Waals surface area contributed by atoms with Crippen molar-refractivity contribution in [2.75, 3.05) is 13.1 Å². The molecule has 0 spiro atoms. The van der Waals surface area contributed by atoms with E-state index in [0.717, 1.165) is 9.69 Å². The maximum absolute atomic E-state index is 13.2. The van der Waals surface area contributed by atoms with E-state index in [9.17, 15) is 22.8 Å². The minimum atomic E-state index is -3.91. The molecule has 2 aromatic heterocycles. The van der Waals surface area contributed by atoms with E-state index in [0.29, 0.717) is 18.4 Å². The lowest BCUT2D eigenvalue weighted by Gasteiger charge is -2.23. The van der Waals surface area contributed by atoms with Gasteiger partial charge in [-0.05, 0) is 50.3 Å². The van der Waals surface area contributed by atoms with Crippen molar-refractivity contribution in [1.82, 2.24) is 14.9 Å². The van der Waals surface area contributed by atoms with Crippen LogP contribution in [0.5, 0.6) is 0 Å². The lowest BCUT2D eigenvalue weighted by atomic mass is 10.0. The van der Waals surface area contributed by atoms with Gasteiger partial charge < -0.3 is 19.5 Å². The lowest BCUT2D eigenvalue weighted by molar-refractivity contribution is -0.129. The zero-order valence-electron chi connectivity index (χ0n) is 21.0. The van der Waals surface area contributed by atoms with Crippen LogP contribution in [0.4, 0.5) is 0 Å². The number of hydrogen-bond acceptors (Lipinski definition) is 7. The van der Waals surface area contributed by atoms with Crippen LogP contribution in [0.25, 0.3) is 11.0 Å². The van der Waals surface area contributed by atoms with Crippen molar-refractivity contribution >= 4 is 38.6 Å². The summed E-state index contributed by atoms with van der Waals surface area (Å²) in [7, 11) is -3.91. The number of amides is 2. The van der Waals surface area contributed by atoms with Crippen LogP contribution >= 0.6 is 0 Å². The fourth-order valence-electron chi connectivity index (χ4n) is 4.43. The van der Waals surface area contributed by atoms with Crippen molar-refractivity contribution in [3.05, 3.63) is 54.2 Å². The minimum absolute atomic E-state index is 0.0214. The quantitative estimate of drug-likeness (QED) is 0.457. The molecule has 2 N–H and O–H groups in total. The van der Waals surface area contributed by atoms with E-state index in [1.807, 2.05) is 26.0 Å². The summed E-state index contributed by atoms with van der Waals surface area (Å²) in [6.45, 7) is 5.17. The predicted octanol–water partition coefficient (Wildman–Crippen LogP) is 3.02. The van der Waals surface area contributed by atoms with E-state index in [4.69, 9.17) is 8.83 Å². The van der Waals surface area contributed by atoms with E-state index >= 15 is 0 Å². The van der Waals surface area contributed by atoms with Gasteiger partial charge in [-0.2, -0.15) is 4.31 Å². The molecule has 0 saturated carbocycles. The van der Waals surface area contributed by atoms with Crippen LogP contribution in [0.1, 0.15) is 49.4 Å². The molecule has 0 radical (unpaired) electrons. The second-order valence-corrected chi connectivity index (χ2v) is 11.6. The molecule has 10 nitrogen and oxygen atoms in total. The molecule has 0 bridgehead atoms. The van der Waals surface area contributed by atoms with Gasteiger partial charge >= 0.3 is 0 Å². The maximum atomic E-state index is 13.2. The van der Waals surface area contributed by atoms with Crippen LogP contribution in [-0.4, -0.2) is 55.5 Å². The summed E-state index contributed by atoms with van der Waals surface area (Å²) in [5, 5.41) is 6.24. The van der Waals surface area contributed by atoms with Crippen LogP contribution in [0, 0.1) is 12.8 Å². The summed E-state index contributed by atoms with van der Waals surface area (Å²) in [4.78, 5) is 39.1. The molecule has 1 aliphatic heterocycles. The number of nitrogens with zero attached hydrogens (tertiary/aromatic N) is 1. The van der Waals surface area contributed by atoms with Crippen LogP contribution in [0.2, 0.25) is 0 Å². The highest BCUT2D eigenvalue weighted by Gasteiger charge is 2.35. The fourth-order valence-corrected chi connectivity index (χ4v) is 6.02. The summed E-state index contributed by atoms with van der Waals surface area (Å²) in [5.74, 6) is -1.03. The Morgan fingerprint density at radius 1 is 1.19 bits per heavy atom. The highest BCUT2D eigenvalue weighted by atomic mass is 32.2. The van der Waals surface area contributed by atoms with Gasteiger partial charge in [0.15, 0.2) is 11.5 Å². The zero-order chi connectivity index (χ0) is 26.7. The monoisotopic (exact) mass is 529 g/mol. The fraction of sp³-hybridized carbons (Fsp3) is 0.423. The standard InChI is InChI=1S/C26H31N3O7S/c1-16(2)13-20(28-26(32)23-14-18-7-4-5-9-22(18)36-23)25(31)27-19-8-6-11-29(15-21(19)30)37(33,34)24-10-12-35-17(24)3/h4-5,7,9-10,12,14,16,19-20H,6,8,11,13,15H2,1-3H3,(H,27,31)(H,28,32)/t19-,20-/m0/s1. The molecule has 0 aliphatic carbocycles. The van der Waals surface area contributed by atoms with Gasteiger partial charge in [-0.3, -0.25) is 14.4 Å². The molecule has 1 fully saturated rings. The van der Waals surface area contributed by atoms with Crippen LogP contribution in [0.3, 0.4) is 0 Å². The van der Waals surface area contributed by atoms with Gasteiger partial charge in [0, 0.05) is 11.9 Å². The van der Waals surface area contributed by atoms with E-state index in [-0.39, 0.29) is 41.8 Å². The van der Waals surface area contributed by atoms with Crippen molar-refractivity contribution in [2.45, 2.75) is 57.0 Å². The molecule has 11 heteroatoms. The molecule has 3 aromatic rings. The Kier molecular flexibility index (Phi) is 7.84. The summed E-state index contributed by atoms with van der Waals surface area (Å²) < 4.78 is 37.9. The Labute approximate surface area is 215 Å². The third-order valence-corrected chi connectivity index (χ3v) is 8.32. The maximum Gasteiger partial charge on any atom is 0.287 e. The van der Waals surface area contributed by atoms with Gasteiger partial charge in [-0.1, -0.05) is 32.0 Å². The molecular formula is C26H31N3O7S. The predicted molar refractivity (Wildman–Crippen MR) is 135 cm³/mol. The Balaban J connectivity index is 1.44. The number of ketones is 1. The summed E-state index contributed by atoms with van der Waals surface area (Å²) in [6.07, 6.45) is 2.30. The van der Waals surface area contributed by atoms with E-state index in [1.165, 1.54) is 12.3 Å². The number of carbonyl (C=O) groups excluding carboxylic acids is 3. The van der Waals surface area contributed by atoms with Crippen molar-refractivity contribution in [2.24, 2.45) is 5.92 Å². The normalized spacial score (nSPS) is 18.1. The smallest absolute Gasteiger partial charge is 0.287 e. The first-order valence-electron chi connectivity index (χ1n) is 12.2. The van der Waals surface area contributed by atoms with E-state index in [1.54, 1.807) is 25.1 Å². The van der Waals surface area contributed by atoms with Gasteiger partial charge in [0.05, 0.1) is 18.8 Å². The van der Waals surface area contributed by atoms with Crippen LogP contribution in [0.15, 0.2) is 56.4 Å². The summed E-state index contributed by atoms with van der Waals surface area (Å²) >= 11 is 0. The third kappa shape index (κ3) is 5.94.